The van der Waals surface area contributed by atoms with Gasteiger partial charge >= 0.3 is 0 Å². The molecule has 0 radical (unpaired) electrons. The third-order valence-electron chi connectivity index (χ3n) is 6.54. The maximum Gasteiger partial charge on any atom is 0.116 e. The average Bonchev–Trinajstić information content (AvgIpc) is 2.86. The Morgan fingerprint density at radius 2 is 2.17 bits per heavy atom. The van der Waals surface area contributed by atoms with Crippen molar-refractivity contribution in [2.45, 2.75) is 31.8 Å². The highest BCUT2D eigenvalue weighted by Crippen LogP contribution is 2.54. The van der Waals surface area contributed by atoms with Crippen LogP contribution in [0.5, 0.6) is 5.75 Å². The lowest BCUT2D eigenvalue weighted by molar-refractivity contribution is -0.0562. The third kappa shape index (κ3) is 1.61. The van der Waals surface area contributed by atoms with Crippen LogP contribution in [0.15, 0.2) is 29.8 Å². The minimum atomic E-state index is 0.190. The van der Waals surface area contributed by atoms with Crippen LogP contribution in [0.2, 0.25) is 0 Å². The monoisotopic (exact) mass is 326 g/mol. The van der Waals surface area contributed by atoms with E-state index in [0.717, 1.165) is 41.5 Å². The first-order valence-corrected chi connectivity index (χ1v) is 8.71. The number of phenols is 1. The molecule has 4 bridgehead atoms. The van der Waals surface area contributed by atoms with Gasteiger partial charge in [-0.1, -0.05) is 11.6 Å². The molecule has 1 unspecified atom stereocenters. The number of aliphatic hydroxyl groups is 1. The molecule has 24 heavy (non-hydrogen) atoms. The molecular weight excluding hydrogens is 304 g/mol. The maximum atomic E-state index is 10.8. The number of hydrogen-bond donors (Lipinski definition) is 3. The number of phenolic OH excluding ortho intramolecular Hbond substituents is 1. The second-order valence-corrected chi connectivity index (χ2v) is 7.39. The number of nitrogens with zero attached hydrogens (tertiary/aromatic N) is 2. The zero-order valence-electron chi connectivity index (χ0n) is 13.7. The number of aliphatic hydroxyl groups excluding tert-OH is 1. The molecule has 0 amide bonds. The number of aromatic hydroxyl groups is 1. The largest absolute Gasteiger partial charge is 0.508 e. The molecule has 3 fully saturated rings. The van der Waals surface area contributed by atoms with Crippen molar-refractivity contribution >= 4 is 10.9 Å². The van der Waals surface area contributed by atoms with E-state index in [4.69, 9.17) is 0 Å². The number of rotatable bonds is 1. The predicted molar refractivity (Wildman–Crippen MR) is 90.2 cm³/mol. The zero-order chi connectivity index (χ0) is 16.6. The van der Waals surface area contributed by atoms with Gasteiger partial charge in [-0.25, -0.2) is 0 Å². The minimum absolute atomic E-state index is 0.190. The quantitative estimate of drug-likeness (QED) is 0.556. The van der Waals surface area contributed by atoms with Crippen LogP contribution in [0.25, 0.3) is 10.9 Å². The Morgan fingerprint density at radius 1 is 1.33 bits per heavy atom. The number of allylic oxidation sites excluding steroid dienone is 1. The van der Waals surface area contributed by atoms with E-state index >= 15 is 0 Å². The van der Waals surface area contributed by atoms with Crippen molar-refractivity contribution in [3.8, 4) is 5.75 Å². The SMILES string of the molecule is C/C=C1/CN2[C@H]3C[C@@H]1[C@@H](CO)[C@@H]2Cc1c3n(O)c2ccc(O)cc12. The summed E-state index contributed by atoms with van der Waals surface area (Å²) in [5.74, 6) is 0.881. The molecule has 3 saturated heterocycles. The van der Waals surface area contributed by atoms with Gasteiger partial charge in [-0.3, -0.25) is 4.90 Å². The number of hydrogen-bond acceptors (Lipinski definition) is 4. The normalized spacial score (nSPS) is 35.6. The van der Waals surface area contributed by atoms with Gasteiger partial charge in [0.1, 0.15) is 5.75 Å². The first-order valence-electron chi connectivity index (χ1n) is 8.71. The molecule has 2 aromatic rings. The van der Waals surface area contributed by atoms with E-state index in [9.17, 15) is 15.4 Å². The lowest BCUT2D eigenvalue weighted by Gasteiger charge is -2.58. The molecule has 5 atom stereocenters. The van der Waals surface area contributed by atoms with Gasteiger partial charge in [-0.05, 0) is 49.4 Å². The van der Waals surface area contributed by atoms with Crippen molar-refractivity contribution in [1.82, 2.24) is 9.63 Å². The van der Waals surface area contributed by atoms with Crippen LogP contribution < -0.4 is 0 Å². The van der Waals surface area contributed by atoms with Crippen LogP contribution in [0.1, 0.15) is 30.6 Å². The first kappa shape index (κ1) is 14.4. The molecule has 6 rings (SSSR count). The van der Waals surface area contributed by atoms with Gasteiger partial charge < -0.3 is 15.4 Å². The fourth-order valence-corrected chi connectivity index (χ4v) is 5.48. The van der Waals surface area contributed by atoms with Crippen LogP contribution in [0.4, 0.5) is 0 Å². The molecule has 5 heteroatoms. The van der Waals surface area contributed by atoms with Gasteiger partial charge in [0.2, 0.25) is 0 Å². The first-order chi connectivity index (χ1) is 11.6. The molecule has 0 saturated carbocycles. The number of aromatic nitrogens is 1. The van der Waals surface area contributed by atoms with Crippen molar-refractivity contribution in [2.75, 3.05) is 13.2 Å². The van der Waals surface area contributed by atoms with Gasteiger partial charge in [0.15, 0.2) is 0 Å². The summed E-state index contributed by atoms with van der Waals surface area (Å²) in [6, 6.07) is 5.65. The van der Waals surface area contributed by atoms with Crippen molar-refractivity contribution in [3.63, 3.8) is 0 Å². The highest BCUT2D eigenvalue weighted by Gasteiger charge is 2.53. The molecule has 3 N–H and O–H groups in total. The van der Waals surface area contributed by atoms with Gasteiger partial charge in [0.05, 0.1) is 17.3 Å². The van der Waals surface area contributed by atoms with E-state index in [-0.39, 0.29) is 24.3 Å². The van der Waals surface area contributed by atoms with E-state index in [1.54, 1.807) is 18.2 Å². The summed E-state index contributed by atoms with van der Waals surface area (Å²) < 4.78 is 1.33. The third-order valence-corrected chi connectivity index (χ3v) is 6.54. The number of fused-ring (bicyclic) bond motifs is 4. The summed E-state index contributed by atoms with van der Waals surface area (Å²) in [6.07, 6.45) is 3.96. The molecule has 4 aliphatic rings. The van der Waals surface area contributed by atoms with Gasteiger partial charge in [-0.2, -0.15) is 4.73 Å². The summed E-state index contributed by atoms with van der Waals surface area (Å²) in [5, 5.41) is 31.6. The summed E-state index contributed by atoms with van der Waals surface area (Å²) in [5.41, 5.74) is 4.29. The summed E-state index contributed by atoms with van der Waals surface area (Å²) in [4.78, 5) is 2.46. The van der Waals surface area contributed by atoms with E-state index in [1.807, 2.05) is 0 Å². The van der Waals surface area contributed by atoms with Crippen LogP contribution in [0.3, 0.4) is 0 Å². The summed E-state index contributed by atoms with van der Waals surface area (Å²) in [6.45, 7) is 3.21. The Bertz CT molecular complexity index is 869. The van der Waals surface area contributed by atoms with Crippen LogP contribution in [-0.4, -0.2) is 44.2 Å². The highest BCUT2D eigenvalue weighted by molar-refractivity contribution is 5.87. The highest BCUT2D eigenvalue weighted by atomic mass is 16.5. The standard InChI is InChI=1S/C19H22N2O3/c1-2-10-8-20-17-7-14-13-5-11(23)3-4-16(13)21(24)19(14)18(20)6-12(10)15(17)9-22/h2-5,12,15,17-18,22-24H,6-9H2,1H3/b10-2-/t12-,15+,17-,18-/m0/s1. The Labute approximate surface area is 140 Å². The Balaban J connectivity index is 1.72. The summed E-state index contributed by atoms with van der Waals surface area (Å²) in [7, 11) is 0. The van der Waals surface area contributed by atoms with Gasteiger partial charge in [-0.15, -0.1) is 0 Å². The van der Waals surface area contributed by atoms with Gasteiger partial charge in [0.25, 0.3) is 0 Å². The molecule has 1 aromatic heterocycles. The summed E-state index contributed by atoms with van der Waals surface area (Å²) >= 11 is 0. The minimum Gasteiger partial charge on any atom is -0.508 e. The molecule has 0 spiro atoms. The second kappa shape index (κ2) is 4.77. The molecule has 5 heterocycles. The Morgan fingerprint density at radius 3 is 2.92 bits per heavy atom. The fourth-order valence-electron chi connectivity index (χ4n) is 5.48. The molecule has 5 nitrogen and oxygen atoms in total. The lowest BCUT2D eigenvalue weighted by atomic mass is 9.64. The molecule has 126 valence electrons. The maximum absolute atomic E-state index is 10.8. The molecular formula is C19H22N2O3. The molecule has 4 aliphatic heterocycles. The predicted octanol–water partition coefficient (Wildman–Crippen LogP) is 2.44. The van der Waals surface area contributed by atoms with Crippen molar-refractivity contribution in [3.05, 3.63) is 41.1 Å². The lowest BCUT2D eigenvalue weighted by Crippen LogP contribution is -2.61. The fraction of sp³-hybridized carbons (Fsp3) is 0.474. The number of piperidine rings is 3. The molecule has 1 aromatic carbocycles. The van der Waals surface area contributed by atoms with Crippen molar-refractivity contribution < 1.29 is 15.4 Å². The smallest absolute Gasteiger partial charge is 0.116 e. The van der Waals surface area contributed by atoms with E-state index in [2.05, 4.69) is 17.9 Å². The Kier molecular flexibility index (Phi) is 2.86. The molecule has 0 aliphatic carbocycles. The van der Waals surface area contributed by atoms with E-state index in [0.29, 0.717) is 12.0 Å². The average molecular weight is 326 g/mol. The van der Waals surface area contributed by atoms with Crippen molar-refractivity contribution in [2.24, 2.45) is 11.8 Å². The van der Waals surface area contributed by atoms with Crippen LogP contribution >= 0.6 is 0 Å². The van der Waals surface area contributed by atoms with Crippen molar-refractivity contribution in [1.29, 1.82) is 0 Å². The second-order valence-electron chi connectivity index (χ2n) is 7.39. The van der Waals surface area contributed by atoms with Crippen LogP contribution in [0, 0.1) is 11.8 Å². The Hall–Kier alpha value is -1.98. The van der Waals surface area contributed by atoms with Gasteiger partial charge in [0, 0.05) is 30.5 Å². The topological polar surface area (TPSA) is 68.9 Å². The van der Waals surface area contributed by atoms with E-state index < -0.39 is 0 Å². The number of benzene rings is 1. The van der Waals surface area contributed by atoms with E-state index in [1.165, 1.54) is 10.3 Å². The van der Waals surface area contributed by atoms with Crippen LogP contribution in [-0.2, 0) is 6.42 Å². The zero-order valence-corrected chi connectivity index (χ0v) is 13.7.